The van der Waals surface area contributed by atoms with E-state index in [4.69, 9.17) is 5.11 Å². The smallest absolute Gasteiger partial charge is 0.306 e. The highest BCUT2D eigenvalue weighted by Crippen LogP contribution is 2.32. The fraction of sp³-hybridized carbons (Fsp3) is 0.923. The van der Waals surface area contributed by atoms with Crippen LogP contribution in [0.5, 0.6) is 0 Å². The molecule has 3 atom stereocenters. The molecule has 1 saturated heterocycles. The van der Waals surface area contributed by atoms with Crippen molar-refractivity contribution >= 4 is 5.97 Å². The van der Waals surface area contributed by atoms with Crippen LogP contribution in [-0.2, 0) is 4.79 Å². The molecule has 0 aromatic heterocycles. The van der Waals surface area contributed by atoms with Crippen molar-refractivity contribution in [3.8, 4) is 0 Å². The predicted molar refractivity (Wildman–Crippen MR) is 63.3 cm³/mol. The zero-order valence-electron chi connectivity index (χ0n) is 10.1. The lowest BCUT2D eigenvalue weighted by atomic mass is 9.77. The normalized spacial score (nSPS) is 37.2. The van der Waals surface area contributed by atoms with Gasteiger partial charge in [0, 0.05) is 12.1 Å². The number of aliphatic carboxylic acids is 1. The summed E-state index contributed by atoms with van der Waals surface area (Å²) in [5, 5.41) is 12.8. The number of carboxylic acid groups (broad SMARTS) is 1. The first-order chi connectivity index (χ1) is 7.66. The quantitative estimate of drug-likeness (QED) is 0.758. The molecule has 1 aliphatic heterocycles. The number of carboxylic acids is 1. The molecule has 1 saturated carbocycles. The van der Waals surface area contributed by atoms with Gasteiger partial charge in [-0.05, 0) is 38.5 Å². The Labute approximate surface area is 97.6 Å². The van der Waals surface area contributed by atoms with Crippen LogP contribution in [0.1, 0.15) is 51.9 Å². The van der Waals surface area contributed by atoms with E-state index in [2.05, 4.69) is 12.2 Å². The van der Waals surface area contributed by atoms with Crippen molar-refractivity contribution in [2.45, 2.75) is 64.0 Å². The number of hydrogen-bond donors (Lipinski definition) is 2. The Morgan fingerprint density at radius 3 is 2.50 bits per heavy atom. The van der Waals surface area contributed by atoms with E-state index in [0.29, 0.717) is 12.1 Å². The topological polar surface area (TPSA) is 49.3 Å². The standard InChI is InChI=1S/C13H23NO2/c1-9-7-11(13(15)16)8-12(14-9)10-5-3-2-4-6-10/h9-12,14H,2-8H2,1H3,(H,15,16). The number of rotatable bonds is 2. The highest BCUT2D eigenvalue weighted by molar-refractivity contribution is 5.70. The van der Waals surface area contributed by atoms with Crippen LogP contribution in [0.2, 0.25) is 0 Å². The van der Waals surface area contributed by atoms with Crippen molar-refractivity contribution in [1.29, 1.82) is 0 Å². The van der Waals surface area contributed by atoms with Crippen molar-refractivity contribution in [2.75, 3.05) is 0 Å². The second-order valence-electron chi connectivity index (χ2n) is 5.58. The number of hydrogen-bond acceptors (Lipinski definition) is 2. The van der Waals surface area contributed by atoms with Crippen molar-refractivity contribution in [2.24, 2.45) is 11.8 Å². The van der Waals surface area contributed by atoms with E-state index < -0.39 is 5.97 Å². The van der Waals surface area contributed by atoms with Crippen LogP contribution in [0.25, 0.3) is 0 Å². The molecule has 0 aromatic carbocycles. The third-order valence-electron chi connectivity index (χ3n) is 4.24. The second-order valence-corrected chi connectivity index (χ2v) is 5.58. The summed E-state index contributed by atoms with van der Waals surface area (Å²) in [6.07, 6.45) is 8.22. The van der Waals surface area contributed by atoms with Gasteiger partial charge in [-0.3, -0.25) is 4.79 Å². The molecular formula is C13H23NO2. The van der Waals surface area contributed by atoms with Crippen LogP contribution < -0.4 is 5.32 Å². The lowest BCUT2D eigenvalue weighted by Crippen LogP contribution is -2.49. The average molecular weight is 225 g/mol. The Morgan fingerprint density at radius 2 is 1.88 bits per heavy atom. The lowest BCUT2D eigenvalue weighted by Gasteiger charge is -2.39. The van der Waals surface area contributed by atoms with Crippen LogP contribution >= 0.6 is 0 Å². The van der Waals surface area contributed by atoms with Crippen molar-refractivity contribution in [1.82, 2.24) is 5.32 Å². The Morgan fingerprint density at radius 1 is 1.19 bits per heavy atom. The summed E-state index contributed by atoms with van der Waals surface area (Å²) in [5.41, 5.74) is 0. The largest absolute Gasteiger partial charge is 0.481 e. The molecule has 2 aliphatic rings. The second kappa shape index (κ2) is 5.17. The van der Waals surface area contributed by atoms with E-state index in [-0.39, 0.29) is 5.92 Å². The van der Waals surface area contributed by atoms with Gasteiger partial charge >= 0.3 is 5.97 Å². The molecule has 3 heteroatoms. The monoisotopic (exact) mass is 225 g/mol. The van der Waals surface area contributed by atoms with Crippen LogP contribution in [0.4, 0.5) is 0 Å². The maximum absolute atomic E-state index is 11.1. The zero-order valence-corrected chi connectivity index (χ0v) is 10.1. The molecule has 0 radical (unpaired) electrons. The van der Waals surface area contributed by atoms with Crippen LogP contribution in [0.3, 0.4) is 0 Å². The molecule has 0 bridgehead atoms. The molecule has 92 valence electrons. The van der Waals surface area contributed by atoms with Gasteiger partial charge < -0.3 is 10.4 Å². The summed E-state index contributed by atoms with van der Waals surface area (Å²) in [7, 11) is 0. The first kappa shape index (κ1) is 11.9. The summed E-state index contributed by atoms with van der Waals surface area (Å²) < 4.78 is 0. The first-order valence-electron chi connectivity index (χ1n) is 6.65. The molecule has 0 spiro atoms. The van der Waals surface area contributed by atoms with Gasteiger partial charge in [-0.25, -0.2) is 0 Å². The summed E-state index contributed by atoms with van der Waals surface area (Å²) in [6.45, 7) is 2.12. The van der Waals surface area contributed by atoms with Gasteiger partial charge in [0.2, 0.25) is 0 Å². The Hall–Kier alpha value is -0.570. The minimum absolute atomic E-state index is 0.122. The molecular weight excluding hydrogens is 202 g/mol. The number of nitrogens with one attached hydrogen (secondary N) is 1. The van der Waals surface area contributed by atoms with E-state index in [1.54, 1.807) is 0 Å². The first-order valence-corrected chi connectivity index (χ1v) is 6.65. The number of carbonyl (C=O) groups is 1. The van der Waals surface area contributed by atoms with E-state index in [9.17, 15) is 4.79 Å². The third-order valence-corrected chi connectivity index (χ3v) is 4.24. The van der Waals surface area contributed by atoms with Gasteiger partial charge in [0.15, 0.2) is 0 Å². The van der Waals surface area contributed by atoms with Gasteiger partial charge in [-0.15, -0.1) is 0 Å². The van der Waals surface area contributed by atoms with Crippen LogP contribution in [-0.4, -0.2) is 23.2 Å². The fourth-order valence-corrected chi connectivity index (χ4v) is 3.40. The molecule has 2 N–H and O–H groups in total. The summed E-state index contributed by atoms with van der Waals surface area (Å²) >= 11 is 0. The van der Waals surface area contributed by atoms with Gasteiger partial charge in [-0.2, -0.15) is 0 Å². The van der Waals surface area contributed by atoms with Gasteiger partial charge in [0.05, 0.1) is 5.92 Å². The number of piperidine rings is 1. The fourth-order valence-electron chi connectivity index (χ4n) is 3.40. The minimum Gasteiger partial charge on any atom is -0.481 e. The maximum Gasteiger partial charge on any atom is 0.306 e. The zero-order chi connectivity index (χ0) is 11.5. The molecule has 1 heterocycles. The van der Waals surface area contributed by atoms with Crippen molar-refractivity contribution in [3.63, 3.8) is 0 Å². The van der Waals surface area contributed by atoms with E-state index in [1.807, 2.05) is 0 Å². The average Bonchev–Trinajstić information content (AvgIpc) is 2.29. The molecule has 1 aliphatic carbocycles. The van der Waals surface area contributed by atoms with E-state index in [1.165, 1.54) is 32.1 Å². The van der Waals surface area contributed by atoms with Crippen LogP contribution in [0.15, 0.2) is 0 Å². The van der Waals surface area contributed by atoms with Crippen LogP contribution in [0, 0.1) is 11.8 Å². The summed E-state index contributed by atoms with van der Waals surface area (Å²) in [6, 6.07) is 0.812. The SMILES string of the molecule is CC1CC(C(=O)O)CC(C2CCCCC2)N1. The van der Waals surface area contributed by atoms with E-state index >= 15 is 0 Å². The summed E-state index contributed by atoms with van der Waals surface area (Å²) in [5.74, 6) is -0.00399. The van der Waals surface area contributed by atoms with Gasteiger partial charge in [-0.1, -0.05) is 19.3 Å². The Kier molecular flexibility index (Phi) is 3.85. The van der Waals surface area contributed by atoms with Gasteiger partial charge in [0.1, 0.15) is 0 Å². The molecule has 0 aromatic rings. The minimum atomic E-state index is -0.603. The predicted octanol–water partition coefficient (Wildman–Crippen LogP) is 2.41. The summed E-state index contributed by atoms with van der Waals surface area (Å²) in [4.78, 5) is 11.1. The molecule has 16 heavy (non-hydrogen) atoms. The Balaban J connectivity index is 1.95. The van der Waals surface area contributed by atoms with Gasteiger partial charge in [0.25, 0.3) is 0 Å². The van der Waals surface area contributed by atoms with E-state index in [0.717, 1.165) is 18.8 Å². The van der Waals surface area contributed by atoms with Crippen molar-refractivity contribution in [3.05, 3.63) is 0 Å². The molecule has 0 amide bonds. The Bertz CT molecular complexity index is 248. The molecule has 3 nitrogen and oxygen atoms in total. The molecule has 2 fully saturated rings. The molecule has 3 unspecified atom stereocenters. The third kappa shape index (κ3) is 2.76. The highest BCUT2D eigenvalue weighted by atomic mass is 16.4. The maximum atomic E-state index is 11.1. The van der Waals surface area contributed by atoms with Crippen molar-refractivity contribution < 1.29 is 9.90 Å². The lowest BCUT2D eigenvalue weighted by molar-refractivity contribution is -0.143. The highest BCUT2D eigenvalue weighted by Gasteiger charge is 2.34. The molecule has 2 rings (SSSR count).